The lowest BCUT2D eigenvalue weighted by Gasteiger charge is -2.32. The number of hydrogen-bond donors (Lipinski definition) is 0. The zero-order valence-electron chi connectivity index (χ0n) is 16.3. The summed E-state index contributed by atoms with van der Waals surface area (Å²) < 4.78 is 6.12. The van der Waals surface area contributed by atoms with E-state index in [4.69, 9.17) is 16.3 Å². The molecule has 148 valence electrons. The topological polar surface area (TPSA) is 70.4 Å². The zero-order chi connectivity index (χ0) is 21.4. The Hall–Kier alpha value is -3.62. The van der Waals surface area contributed by atoms with Crippen molar-refractivity contribution in [2.24, 2.45) is 0 Å². The number of fused-ring (bicyclic) bond motifs is 3. The molecule has 5 nitrogen and oxygen atoms in total. The van der Waals surface area contributed by atoms with Gasteiger partial charge >= 0.3 is 0 Å². The highest BCUT2D eigenvalue weighted by atomic mass is 35.5. The molecule has 0 aliphatic carbocycles. The van der Waals surface area contributed by atoms with Crippen LogP contribution in [0.3, 0.4) is 0 Å². The van der Waals surface area contributed by atoms with Gasteiger partial charge in [0.1, 0.15) is 17.4 Å². The van der Waals surface area contributed by atoms with Gasteiger partial charge in [-0.2, -0.15) is 5.26 Å². The van der Waals surface area contributed by atoms with Crippen molar-refractivity contribution in [3.05, 3.63) is 88.3 Å². The number of allylic oxidation sites excluding steroid dienone is 1. The van der Waals surface area contributed by atoms with Crippen LogP contribution in [-0.4, -0.2) is 16.7 Å². The third kappa shape index (κ3) is 3.22. The standard InChI is InChI=1S/C24H17ClN2O3/c1-14(28)27(15(2)29)24-21(13-26)22(17-7-10-18(25)11-8-17)20-12-9-16-5-3-4-6-19(16)23(20)30-24/h3-12,22H,1-2H3/t22-/m0/s1. The molecule has 0 saturated heterocycles. The lowest BCUT2D eigenvalue weighted by molar-refractivity contribution is -0.141. The normalized spacial score (nSPS) is 15.2. The first-order valence-corrected chi connectivity index (χ1v) is 9.70. The van der Waals surface area contributed by atoms with Crippen molar-refractivity contribution >= 4 is 34.2 Å². The van der Waals surface area contributed by atoms with Gasteiger partial charge in [0.2, 0.25) is 17.7 Å². The minimum Gasteiger partial charge on any atom is -0.438 e. The van der Waals surface area contributed by atoms with Crippen LogP contribution in [0.15, 0.2) is 72.1 Å². The highest BCUT2D eigenvalue weighted by molar-refractivity contribution is 6.30. The molecule has 30 heavy (non-hydrogen) atoms. The number of nitrogens with zero attached hydrogens (tertiary/aromatic N) is 2. The minimum absolute atomic E-state index is 0.0543. The van der Waals surface area contributed by atoms with Crippen LogP contribution in [0.25, 0.3) is 10.8 Å². The Balaban J connectivity index is 2.05. The Morgan fingerprint density at radius 2 is 1.67 bits per heavy atom. The molecule has 2 amide bonds. The van der Waals surface area contributed by atoms with Crippen molar-refractivity contribution in [1.29, 1.82) is 5.26 Å². The largest absolute Gasteiger partial charge is 0.438 e. The molecule has 1 aliphatic rings. The Morgan fingerprint density at radius 3 is 2.30 bits per heavy atom. The molecule has 0 saturated carbocycles. The first-order chi connectivity index (χ1) is 14.4. The van der Waals surface area contributed by atoms with Crippen molar-refractivity contribution in [2.75, 3.05) is 0 Å². The van der Waals surface area contributed by atoms with Gasteiger partial charge in [0.05, 0.1) is 5.92 Å². The van der Waals surface area contributed by atoms with Crippen molar-refractivity contribution in [1.82, 2.24) is 4.90 Å². The number of benzene rings is 3. The van der Waals surface area contributed by atoms with E-state index in [0.29, 0.717) is 10.8 Å². The fraction of sp³-hybridized carbons (Fsp3) is 0.125. The van der Waals surface area contributed by atoms with E-state index in [9.17, 15) is 14.9 Å². The molecule has 3 aromatic carbocycles. The second-order valence-corrected chi connectivity index (χ2v) is 7.43. The summed E-state index contributed by atoms with van der Waals surface area (Å²) in [6, 6.07) is 20.9. The Bertz CT molecular complexity index is 1240. The van der Waals surface area contributed by atoms with Crippen molar-refractivity contribution in [3.8, 4) is 11.8 Å². The van der Waals surface area contributed by atoms with Crippen LogP contribution in [0.5, 0.6) is 5.75 Å². The number of ether oxygens (including phenoxy) is 1. The van der Waals surface area contributed by atoms with E-state index >= 15 is 0 Å². The van der Waals surface area contributed by atoms with Gasteiger partial charge in [0, 0.05) is 29.8 Å². The third-order valence-electron chi connectivity index (χ3n) is 5.10. The number of carbonyl (C=O) groups excluding carboxylic acids is 2. The first-order valence-electron chi connectivity index (χ1n) is 9.33. The van der Waals surface area contributed by atoms with Gasteiger partial charge < -0.3 is 4.74 Å². The van der Waals surface area contributed by atoms with E-state index in [-0.39, 0.29) is 11.5 Å². The lowest BCUT2D eigenvalue weighted by Crippen LogP contribution is -2.37. The smallest absolute Gasteiger partial charge is 0.233 e. The lowest BCUT2D eigenvalue weighted by atomic mass is 9.82. The van der Waals surface area contributed by atoms with Crippen molar-refractivity contribution < 1.29 is 14.3 Å². The highest BCUT2D eigenvalue weighted by Gasteiger charge is 2.37. The molecule has 6 heteroatoms. The average Bonchev–Trinajstić information content (AvgIpc) is 2.73. The summed E-state index contributed by atoms with van der Waals surface area (Å²) in [4.78, 5) is 25.5. The second-order valence-electron chi connectivity index (χ2n) is 7.00. The Kier molecular flexibility index (Phi) is 5.03. The summed E-state index contributed by atoms with van der Waals surface area (Å²) >= 11 is 6.06. The average molecular weight is 417 g/mol. The van der Waals surface area contributed by atoms with Crippen LogP contribution in [-0.2, 0) is 9.59 Å². The molecule has 0 aromatic heterocycles. The summed E-state index contributed by atoms with van der Waals surface area (Å²) in [6.07, 6.45) is 0. The SMILES string of the molecule is CC(=O)N(C(C)=O)C1=C(C#N)[C@@H](c2ccc(Cl)cc2)c2ccc3ccccc3c2O1. The number of amides is 2. The highest BCUT2D eigenvalue weighted by Crippen LogP contribution is 2.46. The monoisotopic (exact) mass is 416 g/mol. The maximum atomic E-state index is 12.3. The van der Waals surface area contributed by atoms with Gasteiger partial charge in [-0.3, -0.25) is 9.59 Å². The van der Waals surface area contributed by atoms with Gasteiger partial charge in [-0.1, -0.05) is 60.1 Å². The minimum atomic E-state index is -0.524. The fourth-order valence-corrected chi connectivity index (χ4v) is 3.95. The second kappa shape index (κ2) is 7.66. The molecule has 4 rings (SSSR count). The van der Waals surface area contributed by atoms with Crippen LogP contribution in [0.1, 0.15) is 30.9 Å². The van der Waals surface area contributed by atoms with Gasteiger partial charge in [-0.15, -0.1) is 0 Å². The van der Waals surface area contributed by atoms with Gasteiger partial charge in [-0.25, -0.2) is 4.90 Å². The molecular formula is C24H17ClN2O3. The maximum Gasteiger partial charge on any atom is 0.233 e. The molecular weight excluding hydrogens is 400 g/mol. The Morgan fingerprint density at radius 1 is 1.00 bits per heavy atom. The molecule has 0 bridgehead atoms. The van der Waals surface area contributed by atoms with E-state index in [0.717, 1.165) is 26.8 Å². The zero-order valence-corrected chi connectivity index (χ0v) is 17.1. The van der Waals surface area contributed by atoms with E-state index in [1.165, 1.54) is 13.8 Å². The molecule has 0 N–H and O–H groups in total. The van der Waals surface area contributed by atoms with Gasteiger partial charge in [-0.05, 0) is 23.1 Å². The number of carbonyl (C=O) groups is 2. The van der Waals surface area contributed by atoms with Crippen LogP contribution in [0.2, 0.25) is 5.02 Å². The summed E-state index contributed by atoms with van der Waals surface area (Å²) in [5.74, 6) is -1.10. The number of halogens is 1. The molecule has 0 radical (unpaired) electrons. The number of hydrogen-bond acceptors (Lipinski definition) is 4. The number of imide groups is 1. The van der Waals surface area contributed by atoms with E-state index in [1.54, 1.807) is 12.1 Å². The van der Waals surface area contributed by atoms with Gasteiger partial charge in [0.25, 0.3) is 0 Å². The molecule has 1 aliphatic heterocycles. The third-order valence-corrected chi connectivity index (χ3v) is 5.35. The van der Waals surface area contributed by atoms with Crippen LogP contribution >= 0.6 is 11.6 Å². The summed E-state index contributed by atoms with van der Waals surface area (Å²) in [5, 5.41) is 12.4. The van der Waals surface area contributed by atoms with Crippen molar-refractivity contribution in [3.63, 3.8) is 0 Å². The quantitative estimate of drug-likeness (QED) is 0.579. The fourth-order valence-electron chi connectivity index (χ4n) is 3.82. The first kappa shape index (κ1) is 19.7. The van der Waals surface area contributed by atoms with E-state index in [1.807, 2.05) is 48.5 Å². The molecule has 1 atom stereocenters. The summed E-state index contributed by atoms with van der Waals surface area (Å²) in [6.45, 7) is 2.53. The van der Waals surface area contributed by atoms with Crippen LogP contribution in [0, 0.1) is 11.3 Å². The molecule has 3 aromatic rings. The van der Waals surface area contributed by atoms with Gasteiger partial charge in [0.15, 0.2) is 0 Å². The number of nitriles is 1. The maximum absolute atomic E-state index is 12.3. The molecule has 1 heterocycles. The predicted molar refractivity (Wildman–Crippen MR) is 114 cm³/mol. The summed E-state index contributed by atoms with van der Waals surface area (Å²) in [7, 11) is 0. The van der Waals surface area contributed by atoms with Crippen molar-refractivity contribution in [2.45, 2.75) is 19.8 Å². The molecule has 0 spiro atoms. The summed E-state index contributed by atoms with van der Waals surface area (Å²) in [5.41, 5.74) is 1.77. The van der Waals surface area contributed by atoms with Crippen LogP contribution < -0.4 is 4.74 Å². The Labute approximate surface area is 178 Å². The number of rotatable bonds is 2. The molecule has 0 unspecified atom stereocenters. The predicted octanol–water partition coefficient (Wildman–Crippen LogP) is 5.15. The van der Waals surface area contributed by atoms with E-state index < -0.39 is 17.7 Å². The molecule has 0 fully saturated rings. The van der Waals surface area contributed by atoms with E-state index in [2.05, 4.69) is 6.07 Å². The van der Waals surface area contributed by atoms with Crippen LogP contribution in [0.4, 0.5) is 0 Å².